The SMILES string of the molecule is Cc1ccc(N(CC(=O)N2c3ccccc3C[C@H]2C)S(=O)(=O)c2ccccc2)c(C)c1. The zero-order chi connectivity index (χ0) is 22.2. The van der Waals surface area contributed by atoms with Crippen LogP contribution in [0.3, 0.4) is 0 Å². The highest BCUT2D eigenvalue weighted by atomic mass is 32.2. The van der Waals surface area contributed by atoms with Gasteiger partial charge in [0.2, 0.25) is 5.91 Å². The molecular weight excluding hydrogens is 408 g/mol. The van der Waals surface area contributed by atoms with Crippen molar-refractivity contribution in [3.63, 3.8) is 0 Å². The van der Waals surface area contributed by atoms with E-state index in [1.54, 1.807) is 41.3 Å². The molecule has 31 heavy (non-hydrogen) atoms. The molecule has 1 aliphatic rings. The zero-order valence-electron chi connectivity index (χ0n) is 17.9. The normalized spacial score (nSPS) is 15.6. The Kier molecular flexibility index (Phi) is 5.58. The van der Waals surface area contributed by atoms with Gasteiger partial charge in [0.1, 0.15) is 6.54 Å². The van der Waals surface area contributed by atoms with Crippen LogP contribution in [-0.2, 0) is 21.2 Å². The summed E-state index contributed by atoms with van der Waals surface area (Å²) in [4.78, 5) is 15.4. The van der Waals surface area contributed by atoms with Gasteiger partial charge in [-0.3, -0.25) is 9.10 Å². The number of hydrogen-bond acceptors (Lipinski definition) is 3. The van der Waals surface area contributed by atoms with Crippen molar-refractivity contribution in [2.75, 3.05) is 15.7 Å². The van der Waals surface area contributed by atoms with Gasteiger partial charge >= 0.3 is 0 Å². The molecule has 1 amide bonds. The number of carbonyl (C=O) groups is 1. The van der Waals surface area contributed by atoms with Crippen molar-refractivity contribution in [3.05, 3.63) is 89.5 Å². The molecule has 1 heterocycles. The topological polar surface area (TPSA) is 57.7 Å². The van der Waals surface area contributed by atoms with E-state index in [9.17, 15) is 13.2 Å². The van der Waals surface area contributed by atoms with Crippen LogP contribution in [0, 0.1) is 13.8 Å². The minimum atomic E-state index is -3.92. The average molecular weight is 435 g/mol. The summed E-state index contributed by atoms with van der Waals surface area (Å²) in [6, 6.07) is 21.6. The van der Waals surface area contributed by atoms with Gasteiger partial charge in [0.05, 0.1) is 10.6 Å². The maximum Gasteiger partial charge on any atom is 0.264 e. The number of benzene rings is 3. The predicted octanol–water partition coefficient (Wildman–Crippen LogP) is 4.48. The highest BCUT2D eigenvalue weighted by Crippen LogP contribution is 2.33. The van der Waals surface area contributed by atoms with Gasteiger partial charge in [0.25, 0.3) is 10.0 Å². The van der Waals surface area contributed by atoms with Crippen molar-refractivity contribution in [3.8, 4) is 0 Å². The predicted molar refractivity (Wildman–Crippen MR) is 124 cm³/mol. The van der Waals surface area contributed by atoms with Crippen molar-refractivity contribution in [1.29, 1.82) is 0 Å². The molecule has 0 fully saturated rings. The molecule has 0 spiro atoms. The third-order valence-electron chi connectivity index (χ3n) is 5.71. The number of sulfonamides is 1. The summed E-state index contributed by atoms with van der Waals surface area (Å²) in [5, 5.41) is 0. The van der Waals surface area contributed by atoms with Gasteiger partial charge in [0, 0.05) is 11.7 Å². The summed E-state index contributed by atoms with van der Waals surface area (Å²) in [5.74, 6) is -0.239. The first-order valence-electron chi connectivity index (χ1n) is 10.3. The third-order valence-corrected chi connectivity index (χ3v) is 7.48. The van der Waals surface area contributed by atoms with E-state index in [4.69, 9.17) is 0 Å². The summed E-state index contributed by atoms with van der Waals surface area (Å²) in [6.07, 6.45) is 0.761. The van der Waals surface area contributed by atoms with Crippen LogP contribution in [0.15, 0.2) is 77.7 Å². The first-order chi connectivity index (χ1) is 14.8. The van der Waals surface area contributed by atoms with Gasteiger partial charge in [-0.1, -0.05) is 54.1 Å². The van der Waals surface area contributed by atoms with Gasteiger partial charge in [0.15, 0.2) is 0 Å². The number of anilines is 2. The Morgan fingerprint density at radius 3 is 2.39 bits per heavy atom. The largest absolute Gasteiger partial charge is 0.307 e. The fourth-order valence-corrected chi connectivity index (χ4v) is 5.75. The molecule has 4 rings (SSSR count). The molecule has 0 radical (unpaired) electrons. The second kappa shape index (κ2) is 8.19. The monoisotopic (exact) mass is 434 g/mol. The maximum atomic E-state index is 13.6. The number of aryl methyl sites for hydroxylation is 2. The molecule has 0 bridgehead atoms. The molecule has 3 aromatic carbocycles. The molecule has 3 aromatic rings. The summed E-state index contributed by atoms with van der Waals surface area (Å²) >= 11 is 0. The third kappa shape index (κ3) is 3.95. The van der Waals surface area contributed by atoms with E-state index >= 15 is 0 Å². The van der Waals surface area contributed by atoms with Gasteiger partial charge in [-0.2, -0.15) is 0 Å². The molecule has 1 atom stereocenters. The second-order valence-corrected chi connectivity index (χ2v) is 9.92. The lowest BCUT2D eigenvalue weighted by atomic mass is 10.1. The van der Waals surface area contributed by atoms with E-state index in [1.165, 1.54) is 4.31 Å². The van der Waals surface area contributed by atoms with Gasteiger partial charge < -0.3 is 4.90 Å². The van der Waals surface area contributed by atoms with E-state index in [-0.39, 0.29) is 23.4 Å². The van der Waals surface area contributed by atoms with Gasteiger partial charge in [-0.15, -0.1) is 0 Å². The minimum absolute atomic E-state index is 0.0229. The molecule has 6 heteroatoms. The molecular formula is C25H26N2O3S. The molecule has 160 valence electrons. The number of amides is 1. The fraction of sp³-hybridized carbons (Fsp3) is 0.240. The number of para-hydroxylation sites is 1. The Morgan fingerprint density at radius 1 is 1.00 bits per heavy atom. The Bertz CT molecular complexity index is 1220. The van der Waals surface area contributed by atoms with Crippen LogP contribution in [0.5, 0.6) is 0 Å². The smallest absolute Gasteiger partial charge is 0.264 e. The van der Waals surface area contributed by atoms with Crippen LogP contribution in [0.2, 0.25) is 0 Å². The number of carbonyl (C=O) groups excluding carboxylic acids is 1. The molecule has 1 aliphatic heterocycles. The van der Waals surface area contributed by atoms with E-state index in [2.05, 4.69) is 0 Å². The zero-order valence-corrected chi connectivity index (χ0v) is 18.8. The summed E-state index contributed by atoms with van der Waals surface area (Å²) in [7, 11) is -3.92. The van der Waals surface area contributed by atoms with Crippen molar-refractivity contribution in [2.24, 2.45) is 0 Å². The second-order valence-electron chi connectivity index (χ2n) is 8.06. The Labute approximate surface area is 184 Å². The van der Waals surface area contributed by atoms with E-state index < -0.39 is 10.0 Å². The number of nitrogens with zero attached hydrogens (tertiary/aromatic N) is 2. The van der Waals surface area contributed by atoms with Crippen molar-refractivity contribution < 1.29 is 13.2 Å². The average Bonchev–Trinajstić information content (AvgIpc) is 3.08. The molecule has 0 unspecified atom stereocenters. The molecule has 0 aromatic heterocycles. The molecule has 5 nitrogen and oxygen atoms in total. The van der Waals surface area contributed by atoms with E-state index in [0.29, 0.717) is 5.69 Å². The van der Waals surface area contributed by atoms with Crippen LogP contribution < -0.4 is 9.21 Å². The van der Waals surface area contributed by atoms with Crippen LogP contribution in [-0.4, -0.2) is 26.9 Å². The van der Waals surface area contributed by atoms with Crippen molar-refractivity contribution in [2.45, 2.75) is 38.1 Å². The quantitative estimate of drug-likeness (QED) is 0.595. The Balaban J connectivity index is 1.76. The lowest BCUT2D eigenvalue weighted by Crippen LogP contribution is -2.45. The first-order valence-corrected chi connectivity index (χ1v) is 11.8. The first kappa shape index (κ1) is 21.1. The molecule has 0 saturated heterocycles. The van der Waals surface area contributed by atoms with Crippen LogP contribution in [0.4, 0.5) is 11.4 Å². The lowest BCUT2D eigenvalue weighted by Gasteiger charge is -2.29. The van der Waals surface area contributed by atoms with Crippen LogP contribution in [0.25, 0.3) is 0 Å². The highest BCUT2D eigenvalue weighted by Gasteiger charge is 2.35. The Hall–Kier alpha value is -3.12. The molecule has 0 saturated carbocycles. The Morgan fingerprint density at radius 2 is 1.68 bits per heavy atom. The van der Waals surface area contributed by atoms with Crippen molar-refractivity contribution >= 4 is 27.3 Å². The standard InChI is InChI=1S/C25H26N2O3S/c1-18-13-14-23(19(2)15-18)26(31(29,30)22-10-5-4-6-11-22)17-25(28)27-20(3)16-21-9-7-8-12-24(21)27/h4-15,20H,16-17H2,1-3H3/t20-/m1/s1. The lowest BCUT2D eigenvalue weighted by molar-refractivity contribution is -0.117. The minimum Gasteiger partial charge on any atom is -0.307 e. The van der Waals surface area contributed by atoms with Crippen molar-refractivity contribution in [1.82, 2.24) is 0 Å². The molecule has 0 aliphatic carbocycles. The van der Waals surface area contributed by atoms with E-state index in [0.717, 1.165) is 28.8 Å². The van der Waals surface area contributed by atoms with Crippen LogP contribution >= 0.6 is 0 Å². The fourth-order valence-electron chi connectivity index (χ4n) is 4.25. The van der Waals surface area contributed by atoms with E-state index in [1.807, 2.05) is 57.2 Å². The maximum absolute atomic E-state index is 13.6. The summed E-state index contributed by atoms with van der Waals surface area (Å²) in [5.41, 5.74) is 4.32. The number of fused-ring (bicyclic) bond motifs is 1. The summed E-state index contributed by atoms with van der Waals surface area (Å²) in [6.45, 7) is 5.56. The van der Waals surface area contributed by atoms with Crippen LogP contribution in [0.1, 0.15) is 23.6 Å². The number of hydrogen-bond donors (Lipinski definition) is 0. The highest BCUT2D eigenvalue weighted by molar-refractivity contribution is 7.92. The van der Waals surface area contributed by atoms with Gasteiger partial charge in [-0.25, -0.2) is 8.42 Å². The molecule has 0 N–H and O–H groups in total. The summed E-state index contributed by atoms with van der Waals surface area (Å²) < 4.78 is 28.4. The number of rotatable bonds is 5. The van der Waals surface area contributed by atoms with Gasteiger partial charge in [-0.05, 0) is 62.6 Å².